The van der Waals surface area contributed by atoms with Crippen molar-refractivity contribution in [3.8, 4) is 5.75 Å². The van der Waals surface area contributed by atoms with Crippen molar-refractivity contribution in [2.24, 2.45) is 5.92 Å². The molecule has 2 N–H and O–H groups in total. The van der Waals surface area contributed by atoms with Gasteiger partial charge in [-0.25, -0.2) is 0 Å². The van der Waals surface area contributed by atoms with E-state index in [0.29, 0.717) is 13.1 Å². The molecule has 0 radical (unpaired) electrons. The van der Waals surface area contributed by atoms with Gasteiger partial charge in [-0.15, -0.1) is 12.4 Å². The van der Waals surface area contributed by atoms with E-state index < -0.39 is 0 Å². The van der Waals surface area contributed by atoms with E-state index in [0.717, 1.165) is 29.3 Å². The highest BCUT2D eigenvalue weighted by atomic mass is 35.5. The molecule has 2 rings (SSSR count). The minimum Gasteiger partial charge on any atom is -0.488 e. The first-order chi connectivity index (χ1) is 10.3. The largest absolute Gasteiger partial charge is 0.488 e. The maximum absolute atomic E-state index is 11.9. The molecular weight excluding hydrogens is 312 g/mol. The minimum absolute atomic E-state index is 0. The van der Waals surface area contributed by atoms with Crippen LogP contribution in [0.1, 0.15) is 44.7 Å². The van der Waals surface area contributed by atoms with Crippen molar-refractivity contribution in [3.63, 3.8) is 0 Å². The van der Waals surface area contributed by atoms with Crippen molar-refractivity contribution in [2.75, 3.05) is 13.1 Å². The molecule has 1 aliphatic rings. The summed E-state index contributed by atoms with van der Waals surface area (Å²) in [5.74, 6) is 1.67. The smallest absolute Gasteiger partial charge is 0.234 e. The van der Waals surface area contributed by atoms with Gasteiger partial charge in [-0.2, -0.15) is 0 Å². The zero-order valence-electron chi connectivity index (χ0n) is 14.6. The van der Waals surface area contributed by atoms with Crippen molar-refractivity contribution >= 4 is 18.3 Å². The maximum Gasteiger partial charge on any atom is 0.234 e. The number of nitrogens with one attached hydrogen (secondary N) is 2. The SMILES string of the molecule is Cc1ccc(CNC(=O)CNCC2CC2)c(OC(C)(C)C)c1.Cl. The van der Waals surface area contributed by atoms with E-state index in [2.05, 4.69) is 10.6 Å². The molecule has 0 bridgehead atoms. The van der Waals surface area contributed by atoms with Crippen LogP contribution in [-0.2, 0) is 11.3 Å². The van der Waals surface area contributed by atoms with Gasteiger partial charge in [0.25, 0.3) is 0 Å². The number of benzene rings is 1. The van der Waals surface area contributed by atoms with E-state index in [1.165, 1.54) is 12.8 Å². The molecule has 1 amide bonds. The van der Waals surface area contributed by atoms with Crippen molar-refractivity contribution in [1.29, 1.82) is 0 Å². The summed E-state index contributed by atoms with van der Waals surface area (Å²) in [7, 11) is 0. The fourth-order valence-electron chi connectivity index (χ4n) is 2.20. The summed E-state index contributed by atoms with van der Waals surface area (Å²) in [6.45, 7) is 9.96. The molecule has 0 unspecified atom stereocenters. The molecule has 1 saturated carbocycles. The number of ether oxygens (including phenoxy) is 1. The molecule has 1 aromatic carbocycles. The number of hydrogen-bond acceptors (Lipinski definition) is 3. The van der Waals surface area contributed by atoms with Crippen LogP contribution in [-0.4, -0.2) is 24.6 Å². The molecule has 0 aliphatic heterocycles. The van der Waals surface area contributed by atoms with Gasteiger partial charge in [0, 0.05) is 12.1 Å². The summed E-state index contributed by atoms with van der Waals surface area (Å²) >= 11 is 0. The Kier molecular flexibility index (Phi) is 7.36. The van der Waals surface area contributed by atoms with Gasteiger partial charge in [0.15, 0.2) is 0 Å². The number of aryl methyl sites for hydroxylation is 1. The second-order valence-corrected chi connectivity index (χ2v) is 7.18. The molecule has 1 fully saturated rings. The molecule has 1 aromatic rings. The van der Waals surface area contributed by atoms with E-state index in [1.807, 2.05) is 45.9 Å². The summed E-state index contributed by atoms with van der Waals surface area (Å²) in [5, 5.41) is 6.16. The lowest BCUT2D eigenvalue weighted by Crippen LogP contribution is -2.34. The van der Waals surface area contributed by atoms with Gasteiger partial charge in [0.05, 0.1) is 6.54 Å². The second-order valence-electron chi connectivity index (χ2n) is 7.18. The number of carbonyl (C=O) groups is 1. The van der Waals surface area contributed by atoms with E-state index in [4.69, 9.17) is 4.74 Å². The lowest BCUT2D eigenvalue weighted by atomic mass is 10.1. The fourth-order valence-corrected chi connectivity index (χ4v) is 2.20. The lowest BCUT2D eigenvalue weighted by molar-refractivity contribution is -0.120. The van der Waals surface area contributed by atoms with E-state index >= 15 is 0 Å². The van der Waals surface area contributed by atoms with Gasteiger partial charge in [-0.1, -0.05) is 12.1 Å². The van der Waals surface area contributed by atoms with Crippen LogP contribution >= 0.6 is 12.4 Å². The summed E-state index contributed by atoms with van der Waals surface area (Å²) in [5.41, 5.74) is 1.91. The highest BCUT2D eigenvalue weighted by Crippen LogP contribution is 2.27. The second kappa shape index (κ2) is 8.55. The number of rotatable bonds is 7. The van der Waals surface area contributed by atoms with Crippen LogP contribution in [0.2, 0.25) is 0 Å². The Labute approximate surface area is 145 Å². The predicted octanol–water partition coefficient (Wildman–Crippen LogP) is 3.21. The molecule has 0 aromatic heterocycles. The van der Waals surface area contributed by atoms with Crippen LogP contribution in [0.15, 0.2) is 18.2 Å². The summed E-state index contributed by atoms with van der Waals surface area (Å²) in [6, 6.07) is 6.09. The standard InChI is InChI=1S/C18H28N2O2.ClH/c1-13-5-8-15(16(9-13)22-18(2,3)4)11-20-17(21)12-19-10-14-6-7-14;/h5,8-9,14,19H,6-7,10-12H2,1-4H3,(H,20,21);1H. The highest BCUT2D eigenvalue weighted by molar-refractivity contribution is 5.85. The first-order valence-corrected chi connectivity index (χ1v) is 8.09. The molecule has 0 heterocycles. The van der Waals surface area contributed by atoms with Crippen LogP contribution in [0, 0.1) is 12.8 Å². The molecule has 23 heavy (non-hydrogen) atoms. The van der Waals surface area contributed by atoms with Crippen molar-refractivity contribution in [3.05, 3.63) is 29.3 Å². The zero-order valence-corrected chi connectivity index (χ0v) is 15.4. The molecule has 130 valence electrons. The number of carbonyl (C=O) groups excluding carboxylic acids is 1. The maximum atomic E-state index is 11.9. The first kappa shape index (κ1) is 19.8. The third-order valence-corrected chi connectivity index (χ3v) is 3.53. The van der Waals surface area contributed by atoms with E-state index in [9.17, 15) is 4.79 Å². The number of amides is 1. The number of hydrogen-bond donors (Lipinski definition) is 2. The Morgan fingerprint density at radius 3 is 2.61 bits per heavy atom. The topological polar surface area (TPSA) is 50.4 Å². The van der Waals surface area contributed by atoms with Gasteiger partial charge in [-0.3, -0.25) is 4.79 Å². The third-order valence-electron chi connectivity index (χ3n) is 3.53. The molecule has 0 spiro atoms. The monoisotopic (exact) mass is 340 g/mol. The Hall–Kier alpha value is -1.26. The Morgan fingerprint density at radius 1 is 1.30 bits per heavy atom. The Bertz CT molecular complexity index is 522. The van der Waals surface area contributed by atoms with Crippen LogP contribution in [0.5, 0.6) is 5.75 Å². The van der Waals surface area contributed by atoms with Crippen molar-refractivity contribution in [2.45, 2.75) is 52.7 Å². The van der Waals surface area contributed by atoms with Gasteiger partial charge >= 0.3 is 0 Å². The minimum atomic E-state index is -0.252. The Balaban J connectivity index is 0.00000264. The quantitative estimate of drug-likeness (QED) is 0.801. The zero-order chi connectivity index (χ0) is 16.2. The lowest BCUT2D eigenvalue weighted by Gasteiger charge is -2.23. The third kappa shape index (κ3) is 7.71. The fraction of sp³-hybridized carbons (Fsp3) is 0.611. The summed E-state index contributed by atoms with van der Waals surface area (Å²) in [4.78, 5) is 11.9. The molecule has 0 atom stereocenters. The molecule has 5 heteroatoms. The van der Waals surface area contributed by atoms with Crippen LogP contribution in [0.25, 0.3) is 0 Å². The summed E-state index contributed by atoms with van der Waals surface area (Å²) in [6.07, 6.45) is 2.59. The average Bonchev–Trinajstić information content (AvgIpc) is 3.20. The van der Waals surface area contributed by atoms with Crippen molar-refractivity contribution < 1.29 is 9.53 Å². The van der Waals surface area contributed by atoms with E-state index in [1.54, 1.807) is 0 Å². The van der Waals surface area contributed by atoms with Gasteiger partial charge in [0.2, 0.25) is 5.91 Å². The number of halogens is 1. The van der Waals surface area contributed by atoms with Crippen LogP contribution < -0.4 is 15.4 Å². The Morgan fingerprint density at radius 2 is 2.00 bits per heavy atom. The predicted molar refractivity (Wildman–Crippen MR) is 96.2 cm³/mol. The van der Waals surface area contributed by atoms with Gasteiger partial charge in [0.1, 0.15) is 11.4 Å². The van der Waals surface area contributed by atoms with Crippen molar-refractivity contribution in [1.82, 2.24) is 10.6 Å². The average molecular weight is 341 g/mol. The van der Waals surface area contributed by atoms with E-state index in [-0.39, 0.29) is 23.9 Å². The first-order valence-electron chi connectivity index (χ1n) is 8.09. The molecular formula is C18H29ClN2O2. The van der Waals surface area contributed by atoms with Crippen LogP contribution in [0.3, 0.4) is 0 Å². The molecule has 1 aliphatic carbocycles. The highest BCUT2D eigenvalue weighted by Gasteiger charge is 2.20. The van der Waals surface area contributed by atoms with Gasteiger partial charge in [-0.05, 0) is 64.6 Å². The summed E-state index contributed by atoms with van der Waals surface area (Å²) < 4.78 is 6.00. The van der Waals surface area contributed by atoms with Crippen LogP contribution in [0.4, 0.5) is 0 Å². The molecule has 4 nitrogen and oxygen atoms in total. The molecule has 0 saturated heterocycles. The van der Waals surface area contributed by atoms with Gasteiger partial charge < -0.3 is 15.4 Å². The normalized spacial score (nSPS) is 14.1.